The average molecular weight is 448 g/mol. The van der Waals surface area contributed by atoms with E-state index in [-0.39, 0.29) is 16.7 Å². The second kappa shape index (κ2) is 9.57. The van der Waals surface area contributed by atoms with Crippen LogP contribution in [0.1, 0.15) is 17.3 Å². The summed E-state index contributed by atoms with van der Waals surface area (Å²) in [5, 5.41) is 0.602. The lowest BCUT2D eigenvalue weighted by atomic mass is 10.1. The van der Waals surface area contributed by atoms with Gasteiger partial charge >= 0.3 is 0 Å². The van der Waals surface area contributed by atoms with E-state index >= 15 is 0 Å². The molecule has 0 aromatic heterocycles. The monoisotopic (exact) mass is 447 g/mol. The Bertz CT molecular complexity index is 1100. The van der Waals surface area contributed by atoms with Crippen LogP contribution in [0.4, 0.5) is 0 Å². The smallest absolute Gasteiger partial charge is 0.166 e. The van der Waals surface area contributed by atoms with Crippen LogP contribution in [0.15, 0.2) is 128 Å². The Morgan fingerprint density at radius 3 is 1.77 bits per heavy atom. The minimum absolute atomic E-state index is 0.0201. The third kappa shape index (κ3) is 4.81. The Morgan fingerprint density at radius 1 is 0.733 bits per heavy atom. The molecule has 0 aliphatic carbocycles. The molecular weight excluding hydrogens is 428 g/mol. The third-order valence-electron chi connectivity index (χ3n) is 4.58. The van der Waals surface area contributed by atoms with Crippen LogP contribution in [0.2, 0.25) is 5.02 Å². The molecule has 0 aliphatic rings. The zero-order valence-corrected chi connectivity index (χ0v) is 18.8. The normalized spacial score (nSPS) is 10.9. The summed E-state index contributed by atoms with van der Waals surface area (Å²) in [4.78, 5) is 17.5. The molecule has 0 spiro atoms. The second-order valence-electron chi connectivity index (χ2n) is 6.71. The molecule has 30 heavy (non-hydrogen) atoms. The zero-order valence-electron chi connectivity index (χ0n) is 16.4. The van der Waals surface area contributed by atoms with Gasteiger partial charge in [0.15, 0.2) is 20.5 Å². The largest absolute Gasteiger partial charge is 0.295 e. The van der Waals surface area contributed by atoms with E-state index in [0.29, 0.717) is 10.6 Å². The zero-order chi connectivity index (χ0) is 20.9. The molecule has 0 aliphatic heterocycles. The van der Waals surface area contributed by atoms with Crippen molar-refractivity contribution < 1.29 is 4.79 Å². The Labute approximate surface area is 189 Å². The summed E-state index contributed by atoms with van der Waals surface area (Å²) >= 11 is 8.00. The Balaban J connectivity index is 1.62. The summed E-state index contributed by atoms with van der Waals surface area (Å²) in [7, 11) is -0.155. The molecule has 0 heterocycles. The molecular formula is C26H20ClOS2+. The van der Waals surface area contributed by atoms with Crippen LogP contribution in [0, 0.1) is 0 Å². The number of benzene rings is 4. The number of hydrogen-bond acceptors (Lipinski definition) is 2. The van der Waals surface area contributed by atoms with E-state index in [4.69, 9.17) is 11.6 Å². The number of carbonyl (C=O) groups is 1. The molecule has 0 saturated carbocycles. The molecule has 4 rings (SSSR count). The molecule has 4 aromatic carbocycles. The van der Waals surface area contributed by atoms with Crippen molar-refractivity contribution in [2.45, 2.75) is 31.4 Å². The summed E-state index contributed by atoms with van der Waals surface area (Å²) in [5.74, 6) is 0.0201. The highest BCUT2D eigenvalue weighted by Crippen LogP contribution is 2.36. The summed E-state index contributed by atoms with van der Waals surface area (Å²) in [6.45, 7) is 1.55. The Kier molecular flexibility index (Phi) is 6.63. The molecule has 1 nitrogen and oxygen atoms in total. The fraction of sp³-hybridized carbons (Fsp3) is 0.0385. The highest BCUT2D eigenvalue weighted by Gasteiger charge is 2.28. The number of hydrogen-bond donors (Lipinski definition) is 0. The summed E-state index contributed by atoms with van der Waals surface area (Å²) in [6.07, 6.45) is 0. The van der Waals surface area contributed by atoms with Crippen LogP contribution in [0.5, 0.6) is 0 Å². The number of halogens is 1. The number of Topliss-reactive ketones (excluding diaryl/α,β-unsaturated/α-hetero) is 1. The Hall–Kier alpha value is -2.46. The Morgan fingerprint density at radius 2 is 1.27 bits per heavy atom. The topological polar surface area (TPSA) is 17.1 Å². The lowest BCUT2D eigenvalue weighted by Gasteiger charge is -2.09. The number of rotatable bonds is 6. The van der Waals surface area contributed by atoms with Crippen molar-refractivity contribution in [1.82, 2.24) is 0 Å². The summed E-state index contributed by atoms with van der Waals surface area (Å²) < 4.78 is 0. The first-order valence-corrected chi connectivity index (χ1v) is 12.0. The predicted molar refractivity (Wildman–Crippen MR) is 127 cm³/mol. The van der Waals surface area contributed by atoms with Gasteiger partial charge in [0.2, 0.25) is 0 Å². The van der Waals surface area contributed by atoms with Crippen molar-refractivity contribution in [2.24, 2.45) is 0 Å². The molecule has 0 fully saturated rings. The molecule has 4 heteroatoms. The van der Waals surface area contributed by atoms with Gasteiger partial charge in [-0.05, 0) is 67.6 Å². The van der Waals surface area contributed by atoms with Crippen molar-refractivity contribution in [3.05, 3.63) is 114 Å². The lowest BCUT2D eigenvalue weighted by Crippen LogP contribution is -2.04. The molecule has 0 bridgehead atoms. The van der Waals surface area contributed by atoms with E-state index in [1.54, 1.807) is 24.8 Å². The average Bonchev–Trinajstić information content (AvgIpc) is 2.78. The van der Waals surface area contributed by atoms with E-state index in [0.717, 1.165) is 9.79 Å². The van der Waals surface area contributed by atoms with Gasteiger partial charge < -0.3 is 0 Å². The fourth-order valence-corrected chi connectivity index (χ4v) is 6.29. The van der Waals surface area contributed by atoms with Gasteiger partial charge in [-0.25, -0.2) is 0 Å². The van der Waals surface area contributed by atoms with E-state index in [1.807, 2.05) is 12.1 Å². The maximum absolute atomic E-state index is 11.5. The molecule has 0 amide bonds. The highest BCUT2D eigenvalue weighted by molar-refractivity contribution is 7.99. The van der Waals surface area contributed by atoms with Crippen molar-refractivity contribution in [2.75, 3.05) is 0 Å². The van der Waals surface area contributed by atoms with Gasteiger partial charge in [0.25, 0.3) is 0 Å². The molecule has 0 N–H and O–H groups in total. The fourth-order valence-electron chi connectivity index (χ4n) is 3.09. The standard InChI is InChI=1S/C26H20ClOS2/c1-19(28)20-12-17-26(25(27)18-20)29-21-13-15-24(16-14-21)30(22-8-4-2-5-9-22)23-10-6-3-7-11-23/h2-18H,1H3/q+1. The summed E-state index contributed by atoms with van der Waals surface area (Å²) in [6, 6.07) is 35.4. The van der Waals surface area contributed by atoms with Crippen LogP contribution in [-0.4, -0.2) is 5.78 Å². The van der Waals surface area contributed by atoms with Gasteiger partial charge in [-0.15, -0.1) is 0 Å². The first-order valence-electron chi connectivity index (χ1n) is 9.54. The minimum atomic E-state index is -0.155. The van der Waals surface area contributed by atoms with Crippen molar-refractivity contribution in [3.63, 3.8) is 0 Å². The van der Waals surface area contributed by atoms with Gasteiger partial charge in [-0.1, -0.05) is 65.8 Å². The quantitative estimate of drug-likeness (QED) is 0.221. The van der Waals surface area contributed by atoms with Crippen molar-refractivity contribution in [1.29, 1.82) is 0 Å². The van der Waals surface area contributed by atoms with Crippen molar-refractivity contribution in [3.8, 4) is 0 Å². The SMILES string of the molecule is CC(=O)c1ccc(Sc2ccc([S+](c3ccccc3)c3ccccc3)cc2)c(Cl)c1. The lowest BCUT2D eigenvalue weighted by molar-refractivity contribution is 0.101. The van der Waals surface area contributed by atoms with E-state index in [1.165, 1.54) is 14.7 Å². The number of ketones is 1. The maximum Gasteiger partial charge on any atom is 0.166 e. The minimum Gasteiger partial charge on any atom is -0.295 e. The van der Waals surface area contributed by atoms with Gasteiger partial charge in [-0.2, -0.15) is 0 Å². The third-order valence-corrected chi connectivity index (χ3v) is 8.32. The number of carbonyl (C=O) groups excluding carboxylic acids is 1. The summed E-state index contributed by atoms with van der Waals surface area (Å²) in [5.41, 5.74) is 0.634. The van der Waals surface area contributed by atoms with Gasteiger partial charge in [0, 0.05) is 15.4 Å². The van der Waals surface area contributed by atoms with E-state index in [2.05, 4.69) is 84.9 Å². The predicted octanol–water partition coefficient (Wildman–Crippen LogP) is 7.79. The van der Waals surface area contributed by atoms with Crippen LogP contribution < -0.4 is 0 Å². The van der Waals surface area contributed by atoms with E-state index in [9.17, 15) is 4.79 Å². The first kappa shape index (κ1) is 20.8. The van der Waals surface area contributed by atoms with Gasteiger partial charge in [-0.3, -0.25) is 4.79 Å². The molecule has 0 radical (unpaired) electrons. The molecule has 0 unspecified atom stereocenters. The molecule has 0 atom stereocenters. The van der Waals surface area contributed by atoms with Gasteiger partial charge in [0.05, 0.1) is 15.9 Å². The molecule has 148 valence electrons. The van der Waals surface area contributed by atoms with Crippen LogP contribution in [-0.2, 0) is 10.9 Å². The van der Waals surface area contributed by atoms with Crippen LogP contribution >= 0.6 is 23.4 Å². The van der Waals surface area contributed by atoms with Gasteiger partial charge in [0.1, 0.15) is 0 Å². The van der Waals surface area contributed by atoms with Crippen molar-refractivity contribution >= 4 is 40.0 Å². The second-order valence-corrected chi connectivity index (χ2v) is 10.3. The molecule has 0 saturated heterocycles. The first-order chi connectivity index (χ1) is 14.6. The van der Waals surface area contributed by atoms with E-state index < -0.39 is 0 Å². The highest BCUT2D eigenvalue weighted by atomic mass is 35.5. The molecule has 4 aromatic rings. The van der Waals surface area contributed by atoms with Crippen LogP contribution in [0.25, 0.3) is 0 Å². The van der Waals surface area contributed by atoms with Crippen LogP contribution in [0.3, 0.4) is 0 Å². The maximum atomic E-state index is 11.5.